The van der Waals surface area contributed by atoms with Gasteiger partial charge in [0, 0.05) is 25.0 Å². The van der Waals surface area contributed by atoms with Crippen molar-refractivity contribution in [1.29, 1.82) is 0 Å². The highest BCUT2D eigenvalue weighted by Crippen LogP contribution is 2.34. The zero-order valence-corrected chi connectivity index (χ0v) is 12.6. The summed E-state index contributed by atoms with van der Waals surface area (Å²) in [5.74, 6) is 1.99. The maximum atomic E-state index is 12.6. The lowest BCUT2D eigenvalue weighted by atomic mass is 9.72. The number of hydrogen-bond donors (Lipinski definition) is 1. The fraction of sp³-hybridized carbons (Fsp3) is 0.933. The monoisotopic (exact) mass is 254 g/mol. The molecule has 2 N–H and O–H groups in total. The van der Waals surface area contributed by atoms with Crippen LogP contribution in [-0.2, 0) is 4.79 Å². The molecule has 1 amide bonds. The molecule has 0 aromatic rings. The fourth-order valence-electron chi connectivity index (χ4n) is 3.08. The van der Waals surface area contributed by atoms with Crippen molar-refractivity contribution < 1.29 is 4.79 Å². The van der Waals surface area contributed by atoms with Gasteiger partial charge in [-0.25, -0.2) is 0 Å². The summed E-state index contributed by atoms with van der Waals surface area (Å²) in [6, 6.07) is 0.188. The minimum atomic E-state index is 0.134. The Morgan fingerprint density at radius 1 is 1.28 bits per heavy atom. The first-order valence-electron chi connectivity index (χ1n) is 7.41. The van der Waals surface area contributed by atoms with Crippen LogP contribution in [0.25, 0.3) is 0 Å². The molecule has 0 aliphatic heterocycles. The van der Waals surface area contributed by atoms with E-state index in [0.29, 0.717) is 23.7 Å². The Hall–Kier alpha value is -0.570. The molecule has 3 heteroatoms. The summed E-state index contributed by atoms with van der Waals surface area (Å²) in [4.78, 5) is 14.6. The van der Waals surface area contributed by atoms with E-state index in [1.807, 2.05) is 4.90 Å². The Bertz CT molecular complexity index is 278. The van der Waals surface area contributed by atoms with Crippen LogP contribution in [0.15, 0.2) is 0 Å². The molecule has 0 aromatic carbocycles. The second kappa shape index (κ2) is 6.55. The number of nitrogens with zero attached hydrogens (tertiary/aromatic N) is 1. The fourth-order valence-corrected chi connectivity index (χ4v) is 3.08. The Balaban J connectivity index is 2.69. The van der Waals surface area contributed by atoms with Gasteiger partial charge in [-0.15, -0.1) is 0 Å². The van der Waals surface area contributed by atoms with E-state index in [0.717, 1.165) is 25.9 Å². The van der Waals surface area contributed by atoms with Crippen molar-refractivity contribution in [1.82, 2.24) is 4.90 Å². The van der Waals surface area contributed by atoms with Crippen molar-refractivity contribution in [2.75, 3.05) is 13.1 Å². The quantitative estimate of drug-likeness (QED) is 0.838. The van der Waals surface area contributed by atoms with E-state index in [9.17, 15) is 4.79 Å². The average Bonchev–Trinajstić information content (AvgIpc) is 2.29. The van der Waals surface area contributed by atoms with Crippen molar-refractivity contribution in [3.63, 3.8) is 0 Å². The number of carbonyl (C=O) groups is 1. The van der Waals surface area contributed by atoms with Crippen molar-refractivity contribution in [2.24, 2.45) is 29.4 Å². The number of amides is 1. The summed E-state index contributed by atoms with van der Waals surface area (Å²) >= 11 is 0. The molecule has 1 aliphatic carbocycles. The molecule has 1 saturated carbocycles. The van der Waals surface area contributed by atoms with Gasteiger partial charge in [0.1, 0.15) is 0 Å². The van der Waals surface area contributed by atoms with E-state index in [2.05, 4.69) is 34.6 Å². The zero-order valence-electron chi connectivity index (χ0n) is 12.6. The smallest absolute Gasteiger partial charge is 0.226 e. The molecule has 0 bridgehead atoms. The Kier molecular flexibility index (Phi) is 5.64. The van der Waals surface area contributed by atoms with Gasteiger partial charge in [0.2, 0.25) is 5.91 Å². The maximum Gasteiger partial charge on any atom is 0.226 e. The van der Waals surface area contributed by atoms with Crippen molar-refractivity contribution in [2.45, 2.75) is 53.5 Å². The van der Waals surface area contributed by atoms with Crippen LogP contribution < -0.4 is 5.73 Å². The van der Waals surface area contributed by atoms with Crippen LogP contribution in [0.3, 0.4) is 0 Å². The SMILES string of the molecule is CCN(CC(C)C)C(=O)C1CC(N)C(C)CC1C. The predicted octanol–water partition coefficient (Wildman–Crippen LogP) is 2.50. The van der Waals surface area contributed by atoms with Crippen LogP contribution in [0.1, 0.15) is 47.5 Å². The Labute approximate surface area is 112 Å². The van der Waals surface area contributed by atoms with Gasteiger partial charge >= 0.3 is 0 Å². The third-order valence-corrected chi connectivity index (χ3v) is 4.28. The maximum absolute atomic E-state index is 12.6. The average molecular weight is 254 g/mol. The number of hydrogen-bond acceptors (Lipinski definition) is 2. The number of nitrogens with two attached hydrogens (primary N) is 1. The highest BCUT2D eigenvalue weighted by molar-refractivity contribution is 5.79. The standard InChI is InChI=1S/C15H30N2O/c1-6-17(9-10(2)3)15(18)13-8-14(16)12(5)7-11(13)4/h10-14H,6-9,16H2,1-5H3. The van der Waals surface area contributed by atoms with Gasteiger partial charge in [0.05, 0.1) is 0 Å². The Morgan fingerprint density at radius 2 is 1.89 bits per heavy atom. The molecule has 4 unspecified atom stereocenters. The number of rotatable bonds is 4. The van der Waals surface area contributed by atoms with Gasteiger partial charge in [-0.05, 0) is 37.5 Å². The van der Waals surface area contributed by atoms with Crippen LogP contribution in [0.4, 0.5) is 0 Å². The largest absolute Gasteiger partial charge is 0.342 e. The van der Waals surface area contributed by atoms with Crippen LogP contribution in [0, 0.1) is 23.7 Å². The van der Waals surface area contributed by atoms with E-state index < -0.39 is 0 Å². The minimum Gasteiger partial charge on any atom is -0.342 e. The number of carbonyl (C=O) groups excluding carboxylic acids is 1. The molecule has 0 saturated heterocycles. The first kappa shape index (κ1) is 15.5. The summed E-state index contributed by atoms with van der Waals surface area (Å²) in [7, 11) is 0. The molecule has 0 spiro atoms. The van der Waals surface area contributed by atoms with E-state index >= 15 is 0 Å². The molecule has 3 nitrogen and oxygen atoms in total. The molecule has 1 rings (SSSR count). The van der Waals surface area contributed by atoms with E-state index in [-0.39, 0.29) is 12.0 Å². The van der Waals surface area contributed by atoms with Crippen molar-refractivity contribution in [3.05, 3.63) is 0 Å². The molecule has 1 fully saturated rings. The van der Waals surface area contributed by atoms with Gasteiger partial charge < -0.3 is 10.6 Å². The summed E-state index contributed by atoms with van der Waals surface area (Å²) < 4.78 is 0. The van der Waals surface area contributed by atoms with E-state index in [1.54, 1.807) is 0 Å². The van der Waals surface area contributed by atoms with Gasteiger partial charge in [0.15, 0.2) is 0 Å². The molecule has 1 aliphatic rings. The second-order valence-electron chi connectivity index (χ2n) is 6.47. The summed E-state index contributed by atoms with van der Waals surface area (Å²) in [6.07, 6.45) is 1.94. The third kappa shape index (κ3) is 3.71. The highest BCUT2D eigenvalue weighted by Gasteiger charge is 2.36. The van der Waals surface area contributed by atoms with E-state index in [4.69, 9.17) is 5.73 Å². The summed E-state index contributed by atoms with van der Waals surface area (Å²) in [5.41, 5.74) is 6.14. The molecule has 0 radical (unpaired) electrons. The molecule has 18 heavy (non-hydrogen) atoms. The lowest BCUT2D eigenvalue weighted by Gasteiger charge is -2.38. The third-order valence-electron chi connectivity index (χ3n) is 4.28. The van der Waals surface area contributed by atoms with Crippen LogP contribution in [0.5, 0.6) is 0 Å². The summed E-state index contributed by atoms with van der Waals surface area (Å²) in [5, 5.41) is 0. The van der Waals surface area contributed by atoms with Gasteiger partial charge in [-0.1, -0.05) is 27.7 Å². The highest BCUT2D eigenvalue weighted by atomic mass is 16.2. The second-order valence-corrected chi connectivity index (χ2v) is 6.47. The lowest BCUT2D eigenvalue weighted by Crippen LogP contribution is -2.47. The minimum absolute atomic E-state index is 0.134. The first-order chi connectivity index (χ1) is 8.36. The van der Waals surface area contributed by atoms with Gasteiger partial charge in [-0.3, -0.25) is 4.79 Å². The molecular formula is C15H30N2O. The molecule has 4 atom stereocenters. The van der Waals surface area contributed by atoms with Crippen LogP contribution in [0.2, 0.25) is 0 Å². The zero-order chi connectivity index (χ0) is 13.9. The van der Waals surface area contributed by atoms with Crippen molar-refractivity contribution >= 4 is 5.91 Å². The normalized spacial score (nSPS) is 32.6. The Morgan fingerprint density at radius 3 is 2.39 bits per heavy atom. The molecular weight excluding hydrogens is 224 g/mol. The van der Waals surface area contributed by atoms with Crippen molar-refractivity contribution in [3.8, 4) is 0 Å². The van der Waals surface area contributed by atoms with Crippen LogP contribution >= 0.6 is 0 Å². The predicted molar refractivity (Wildman–Crippen MR) is 76.1 cm³/mol. The molecule has 0 heterocycles. The molecule has 106 valence electrons. The van der Waals surface area contributed by atoms with Gasteiger partial charge in [-0.2, -0.15) is 0 Å². The molecule has 0 aromatic heterocycles. The first-order valence-corrected chi connectivity index (χ1v) is 7.41. The van der Waals surface area contributed by atoms with E-state index in [1.165, 1.54) is 0 Å². The van der Waals surface area contributed by atoms with Gasteiger partial charge in [0.25, 0.3) is 0 Å². The topological polar surface area (TPSA) is 46.3 Å². The summed E-state index contributed by atoms with van der Waals surface area (Å²) in [6.45, 7) is 12.5. The lowest BCUT2D eigenvalue weighted by molar-refractivity contribution is -0.139. The van der Waals surface area contributed by atoms with Crippen LogP contribution in [-0.4, -0.2) is 29.9 Å².